The molecule has 24 heavy (non-hydrogen) atoms. The molecule has 0 amide bonds. The van der Waals surface area contributed by atoms with Crippen LogP contribution in [0.4, 0.5) is 5.69 Å². The van der Waals surface area contributed by atoms with Crippen LogP contribution >= 0.6 is 23.2 Å². The number of Topliss-reactive ketones (excluding diaryl/α,β-unsaturated/α-hetero) is 1. The van der Waals surface area contributed by atoms with Gasteiger partial charge in [-0.1, -0.05) is 23.2 Å². The Kier molecular flexibility index (Phi) is 7.25. The molecular weight excluding hydrogens is 357 g/mol. The number of carbonyl (C=O) groups excluding carboxylic acids is 3. The zero-order chi connectivity index (χ0) is 18.4. The maximum atomic E-state index is 12.1. The van der Waals surface area contributed by atoms with E-state index >= 15 is 0 Å². The monoisotopic (exact) mass is 373 g/mol. The average Bonchev–Trinajstić information content (AvgIpc) is 2.48. The molecule has 0 saturated carbocycles. The Morgan fingerprint density at radius 2 is 1.83 bits per heavy atom. The van der Waals surface area contributed by atoms with E-state index in [4.69, 9.17) is 27.9 Å². The Bertz CT molecular complexity index is 698. The van der Waals surface area contributed by atoms with Crippen molar-refractivity contribution in [2.75, 3.05) is 12.4 Å². The Balaban J connectivity index is 3.21. The van der Waals surface area contributed by atoms with Gasteiger partial charge in [0.2, 0.25) is 0 Å². The third kappa shape index (κ3) is 4.97. The van der Waals surface area contributed by atoms with Gasteiger partial charge in [0.1, 0.15) is 5.57 Å². The topological polar surface area (TPSA) is 81.7 Å². The van der Waals surface area contributed by atoms with Crippen molar-refractivity contribution in [1.29, 1.82) is 0 Å². The summed E-state index contributed by atoms with van der Waals surface area (Å²) in [6.07, 6.45) is 0.811. The maximum absolute atomic E-state index is 12.1. The van der Waals surface area contributed by atoms with Crippen LogP contribution in [0.1, 0.15) is 31.1 Å². The summed E-state index contributed by atoms with van der Waals surface area (Å²) in [7, 11) is 1.16. The smallest absolute Gasteiger partial charge is 0.342 e. The van der Waals surface area contributed by atoms with E-state index in [-0.39, 0.29) is 33.0 Å². The molecule has 1 rings (SSSR count). The molecule has 0 aliphatic rings. The molecule has 130 valence electrons. The van der Waals surface area contributed by atoms with Crippen molar-refractivity contribution in [3.63, 3.8) is 0 Å². The number of carbonyl (C=O) groups is 3. The average molecular weight is 374 g/mol. The summed E-state index contributed by atoms with van der Waals surface area (Å²) in [6, 6.07) is 2.95. The molecule has 6 nitrogen and oxygen atoms in total. The van der Waals surface area contributed by atoms with E-state index in [0.717, 1.165) is 13.3 Å². The first kappa shape index (κ1) is 20.0. The number of rotatable bonds is 6. The second-order valence-corrected chi connectivity index (χ2v) is 5.77. The van der Waals surface area contributed by atoms with Crippen molar-refractivity contribution in [3.05, 3.63) is 39.5 Å². The first-order valence-electron chi connectivity index (χ1n) is 6.94. The van der Waals surface area contributed by atoms with Gasteiger partial charge >= 0.3 is 11.9 Å². The van der Waals surface area contributed by atoms with Gasteiger partial charge in [-0.3, -0.25) is 4.79 Å². The van der Waals surface area contributed by atoms with Gasteiger partial charge in [-0.25, -0.2) is 9.59 Å². The minimum absolute atomic E-state index is 0.00660. The Hall–Kier alpha value is -2.05. The third-order valence-electron chi connectivity index (χ3n) is 2.79. The normalized spacial score (nSPS) is 11.2. The molecule has 0 fully saturated rings. The Morgan fingerprint density at radius 1 is 1.21 bits per heavy atom. The van der Waals surface area contributed by atoms with Gasteiger partial charge in [0, 0.05) is 6.20 Å². The van der Waals surface area contributed by atoms with Gasteiger partial charge in [-0.2, -0.15) is 0 Å². The number of hydrogen-bond acceptors (Lipinski definition) is 6. The fraction of sp³-hybridized carbons (Fsp3) is 0.312. The number of methoxy groups -OCH3 is 1. The molecule has 0 saturated heterocycles. The van der Waals surface area contributed by atoms with E-state index in [2.05, 4.69) is 10.1 Å². The summed E-state index contributed by atoms with van der Waals surface area (Å²) < 4.78 is 9.61. The van der Waals surface area contributed by atoms with Crippen LogP contribution < -0.4 is 5.32 Å². The fourth-order valence-corrected chi connectivity index (χ4v) is 2.27. The van der Waals surface area contributed by atoms with Crippen LogP contribution in [0, 0.1) is 0 Å². The molecule has 0 unspecified atom stereocenters. The summed E-state index contributed by atoms with van der Waals surface area (Å²) in [4.78, 5) is 35.1. The van der Waals surface area contributed by atoms with Crippen LogP contribution in [0.3, 0.4) is 0 Å². The quantitative estimate of drug-likeness (QED) is 0.355. The number of esters is 2. The molecule has 1 aromatic carbocycles. The van der Waals surface area contributed by atoms with Crippen LogP contribution in [0.2, 0.25) is 10.0 Å². The van der Waals surface area contributed by atoms with E-state index in [1.165, 1.54) is 19.1 Å². The van der Waals surface area contributed by atoms with Crippen LogP contribution in [-0.2, 0) is 19.1 Å². The highest BCUT2D eigenvalue weighted by molar-refractivity contribution is 6.41. The molecule has 1 N–H and O–H groups in total. The van der Waals surface area contributed by atoms with E-state index < -0.39 is 17.7 Å². The third-order valence-corrected chi connectivity index (χ3v) is 3.50. The highest BCUT2D eigenvalue weighted by Crippen LogP contribution is 2.32. The largest absolute Gasteiger partial charge is 0.465 e. The second kappa shape index (κ2) is 8.70. The molecule has 0 aliphatic heterocycles. The van der Waals surface area contributed by atoms with E-state index in [0.29, 0.717) is 0 Å². The minimum Gasteiger partial charge on any atom is -0.465 e. The fourth-order valence-electron chi connectivity index (χ4n) is 1.69. The number of nitrogens with one attached hydrogen (secondary N) is 1. The number of benzene rings is 1. The highest BCUT2D eigenvalue weighted by Gasteiger charge is 2.21. The lowest BCUT2D eigenvalue weighted by Gasteiger charge is -2.13. The second-order valence-electron chi connectivity index (χ2n) is 4.99. The number of anilines is 1. The summed E-state index contributed by atoms with van der Waals surface area (Å²) in [5.74, 6) is -1.95. The van der Waals surface area contributed by atoms with Crippen LogP contribution in [0.15, 0.2) is 23.9 Å². The number of halogens is 2. The minimum atomic E-state index is -0.792. The molecule has 0 atom stereocenters. The van der Waals surface area contributed by atoms with Gasteiger partial charge in [0.25, 0.3) is 0 Å². The lowest BCUT2D eigenvalue weighted by Crippen LogP contribution is -2.14. The van der Waals surface area contributed by atoms with Crippen molar-refractivity contribution >= 4 is 46.6 Å². The summed E-state index contributed by atoms with van der Waals surface area (Å²) >= 11 is 12.2. The van der Waals surface area contributed by atoms with Crippen molar-refractivity contribution in [2.24, 2.45) is 0 Å². The zero-order valence-corrected chi connectivity index (χ0v) is 15.1. The number of ether oxygens (including phenoxy) is 2. The first-order valence-corrected chi connectivity index (χ1v) is 7.69. The number of hydrogen-bond donors (Lipinski definition) is 1. The lowest BCUT2D eigenvalue weighted by molar-refractivity contribution is -0.137. The summed E-state index contributed by atoms with van der Waals surface area (Å²) in [5, 5.41) is 2.84. The van der Waals surface area contributed by atoms with Crippen molar-refractivity contribution in [3.8, 4) is 0 Å². The van der Waals surface area contributed by atoms with Gasteiger partial charge in [0.05, 0.1) is 34.5 Å². The van der Waals surface area contributed by atoms with Gasteiger partial charge in [-0.15, -0.1) is 0 Å². The zero-order valence-electron chi connectivity index (χ0n) is 13.6. The van der Waals surface area contributed by atoms with Crippen molar-refractivity contribution < 1.29 is 23.9 Å². The van der Waals surface area contributed by atoms with Gasteiger partial charge in [0.15, 0.2) is 5.78 Å². The Morgan fingerprint density at radius 3 is 2.33 bits per heavy atom. The summed E-state index contributed by atoms with van der Waals surface area (Å²) in [6.45, 7) is 4.61. The molecule has 8 heteroatoms. The lowest BCUT2D eigenvalue weighted by atomic mass is 10.1. The van der Waals surface area contributed by atoms with Crippen LogP contribution in [0.25, 0.3) is 0 Å². The van der Waals surface area contributed by atoms with Crippen LogP contribution in [-0.4, -0.2) is 30.9 Å². The SMILES string of the molecule is COC(=O)C(=CNc1ccc(Cl)c(C(=O)OC(C)C)c1Cl)C(C)=O. The standard InChI is InChI=1S/C16H17Cl2NO5/c1-8(2)24-16(22)13-11(17)5-6-12(14(13)18)19-7-10(9(3)20)15(21)23-4/h5-8,19H,1-4H3. The van der Waals surface area contributed by atoms with E-state index in [1.54, 1.807) is 13.8 Å². The first-order chi connectivity index (χ1) is 11.2. The molecular formula is C16H17Cl2NO5. The van der Waals surface area contributed by atoms with E-state index in [9.17, 15) is 14.4 Å². The molecule has 0 aromatic heterocycles. The molecule has 0 aliphatic carbocycles. The highest BCUT2D eigenvalue weighted by atomic mass is 35.5. The van der Waals surface area contributed by atoms with Crippen LogP contribution in [0.5, 0.6) is 0 Å². The predicted molar refractivity (Wildman–Crippen MR) is 91.4 cm³/mol. The molecule has 0 heterocycles. The Labute approximate surface area is 149 Å². The molecule has 0 radical (unpaired) electrons. The maximum Gasteiger partial charge on any atom is 0.342 e. The van der Waals surface area contributed by atoms with Crippen molar-refractivity contribution in [1.82, 2.24) is 0 Å². The predicted octanol–water partition coefficient (Wildman–Crippen LogP) is 3.62. The van der Waals surface area contributed by atoms with Gasteiger partial charge in [-0.05, 0) is 32.9 Å². The molecule has 0 bridgehead atoms. The molecule has 1 aromatic rings. The van der Waals surface area contributed by atoms with E-state index in [1.807, 2.05) is 0 Å². The number of ketones is 1. The van der Waals surface area contributed by atoms with Gasteiger partial charge < -0.3 is 14.8 Å². The van der Waals surface area contributed by atoms with Crippen molar-refractivity contribution in [2.45, 2.75) is 26.9 Å². The summed E-state index contributed by atoms with van der Waals surface area (Å²) in [5.41, 5.74) is 0.0714. The molecule has 0 spiro atoms.